The van der Waals surface area contributed by atoms with Gasteiger partial charge in [-0.15, -0.1) is 0 Å². The maximum Gasteiger partial charge on any atom is 0.265 e. The molecule has 0 aliphatic carbocycles. The van der Waals surface area contributed by atoms with Gasteiger partial charge < -0.3 is 14.8 Å². The van der Waals surface area contributed by atoms with Gasteiger partial charge >= 0.3 is 0 Å². The van der Waals surface area contributed by atoms with E-state index in [-0.39, 0.29) is 11.7 Å². The predicted octanol–water partition coefficient (Wildman–Crippen LogP) is 4.81. The number of ether oxygens (including phenoxy) is 2. The largest absolute Gasteiger partial charge is 0.489 e. The van der Waals surface area contributed by atoms with Crippen LogP contribution in [0.15, 0.2) is 78.9 Å². The zero-order chi connectivity index (χ0) is 19.1. The van der Waals surface area contributed by atoms with Gasteiger partial charge in [-0.1, -0.05) is 36.4 Å². The Kier molecular flexibility index (Phi) is 6.05. The summed E-state index contributed by atoms with van der Waals surface area (Å²) in [6, 6.07) is 22.4. The van der Waals surface area contributed by atoms with Crippen molar-refractivity contribution in [2.45, 2.75) is 19.6 Å². The minimum absolute atomic E-state index is 0.255. The lowest BCUT2D eigenvalue weighted by Gasteiger charge is -2.15. The molecule has 27 heavy (non-hydrogen) atoms. The van der Waals surface area contributed by atoms with Crippen LogP contribution >= 0.6 is 0 Å². The fourth-order valence-electron chi connectivity index (χ4n) is 2.41. The molecule has 3 aromatic rings. The number of para-hydroxylation sites is 1. The van der Waals surface area contributed by atoms with Crippen LogP contribution in [-0.4, -0.2) is 12.0 Å². The summed E-state index contributed by atoms with van der Waals surface area (Å²) in [6.45, 7) is 2.00. The first kappa shape index (κ1) is 18.5. The first-order valence-corrected chi connectivity index (χ1v) is 8.60. The standard InChI is InChI=1S/C22H20FNO3/c1-16(27-20-7-3-2-4-8-20)22(25)24-19-6-5-9-21(14-19)26-15-17-10-12-18(23)13-11-17/h2-14,16H,15H2,1H3,(H,24,25). The Morgan fingerprint density at radius 1 is 0.963 bits per heavy atom. The fourth-order valence-corrected chi connectivity index (χ4v) is 2.41. The van der Waals surface area contributed by atoms with Crippen molar-refractivity contribution in [3.05, 3.63) is 90.2 Å². The summed E-state index contributed by atoms with van der Waals surface area (Å²) >= 11 is 0. The van der Waals surface area contributed by atoms with Gasteiger partial charge in [0.15, 0.2) is 6.10 Å². The molecule has 0 aliphatic heterocycles. The Labute approximate surface area is 157 Å². The molecule has 0 radical (unpaired) electrons. The van der Waals surface area contributed by atoms with Crippen molar-refractivity contribution < 1.29 is 18.7 Å². The van der Waals surface area contributed by atoms with Crippen LogP contribution in [0.1, 0.15) is 12.5 Å². The normalized spacial score (nSPS) is 11.5. The van der Waals surface area contributed by atoms with Crippen molar-refractivity contribution in [3.63, 3.8) is 0 Å². The van der Waals surface area contributed by atoms with E-state index in [2.05, 4.69) is 5.32 Å². The lowest BCUT2D eigenvalue weighted by molar-refractivity contribution is -0.122. The maximum atomic E-state index is 12.9. The quantitative estimate of drug-likeness (QED) is 0.654. The van der Waals surface area contributed by atoms with Gasteiger partial charge in [0.25, 0.3) is 5.91 Å². The maximum absolute atomic E-state index is 12.9. The number of carbonyl (C=O) groups excluding carboxylic acids is 1. The number of anilines is 1. The second-order valence-electron chi connectivity index (χ2n) is 6.01. The third kappa shape index (κ3) is 5.57. The monoisotopic (exact) mass is 365 g/mol. The first-order chi connectivity index (χ1) is 13.1. The van der Waals surface area contributed by atoms with E-state index in [4.69, 9.17) is 9.47 Å². The molecule has 0 bridgehead atoms. The highest BCUT2D eigenvalue weighted by atomic mass is 19.1. The molecule has 0 spiro atoms. The van der Waals surface area contributed by atoms with Crippen LogP contribution in [0, 0.1) is 5.82 Å². The second-order valence-corrected chi connectivity index (χ2v) is 6.01. The van der Waals surface area contributed by atoms with Gasteiger partial charge in [-0.05, 0) is 48.9 Å². The van der Waals surface area contributed by atoms with Crippen molar-refractivity contribution in [1.29, 1.82) is 0 Å². The van der Waals surface area contributed by atoms with Gasteiger partial charge in [-0.2, -0.15) is 0 Å². The van der Waals surface area contributed by atoms with Crippen LogP contribution in [0.5, 0.6) is 11.5 Å². The second kappa shape index (κ2) is 8.85. The van der Waals surface area contributed by atoms with E-state index in [1.165, 1.54) is 12.1 Å². The number of carbonyl (C=O) groups is 1. The summed E-state index contributed by atoms with van der Waals surface area (Å²) in [6.07, 6.45) is -0.642. The molecule has 0 heterocycles. The summed E-state index contributed by atoms with van der Waals surface area (Å²) in [5.74, 6) is 0.704. The van der Waals surface area contributed by atoms with Gasteiger partial charge in [0.2, 0.25) is 0 Å². The van der Waals surface area contributed by atoms with Crippen LogP contribution in [0.25, 0.3) is 0 Å². The average molecular weight is 365 g/mol. The van der Waals surface area contributed by atoms with Crippen LogP contribution < -0.4 is 14.8 Å². The molecule has 3 rings (SSSR count). The minimum Gasteiger partial charge on any atom is -0.489 e. The van der Waals surface area contributed by atoms with E-state index in [1.54, 1.807) is 55.5 Å². The molecule has 0 aromatic heterocycles. The highest BCUT2D eigenvalue weighted by Gasteiger charge is 2.15. The van der Waals surface area contributed by atoms with Gasteiger partial charge in [-0.25, -0.2) is 4.39 Å². The van der Waals surface area contributed by atoms with Crippen LogP contribution in [0.2, 0.25) is 0 Å². The van der Waals surface area contributed by atoms with Gasteiger partial charge in [0, 0.05) is 11.8 Å². The predicted molar refractivity (Wildman–Crippen MR) is 102 cm³/mol. The highest BCUT2D eigenvalue weighted by Crippen LogP contribution is 2.19. The van der Waals surface area contributed by atoms with Gasteiger partial charge in [-0.3, -0.25) is 4.79 Å². The molecule has 1 amide bonds. The van der Waals surface area contributed by atoms with E-state index in [0.29, 0.717) is 23.8 Å². The summed E-state index contributed by atoms with van der Waals surface area (Å²) in [4.78, 5) is 12.3. The third-order valence-electron chi connectivity index (χ3n) is 3.85. The van der Waals surface area contributed by atoms with Crippen molar-refractivity contribution in [3.8, 4) is 11.5 Å². The SMILES string of the molecule is CC(Oc1ccccc1)C(=O)Nc1cccc(OCc2ccc(F)cc2)c1. The molecule has 1 N–H and O–H groups in total. The summed E-state index contributed by atoms with van der Waals surface area (Å²) in [7, 11) is 0. The average Bonchev–Trinajstić information content (AvgIpc) is 2.68. The molecule has 3 aromatic carbocycles. The lowest BCUT2D eigenvalue weighted by Crippen LogP contribution is -2.30. The lowest BCUT2D eigenvalue weighted by atomic mass is 10.2. The molecule has 5 heteroatoms. The smallest absolute Gasteiger partial charge is 0.265 e. The molecule has 0 saturated carbocycles. The number of hydrogen-bond acceptors (Lipinski definition) is 3. The Balaban J connectivity index is 1.56. The van der Waals surface area contributed by atoms with Crippen LogP contribution in [-0.2, 0) is 11.4 Å². The zero-order valence-corrected chi connectivity index (χ0v) is 14.9. The molecule has 0 fully saturated rings. The number of halogens is 1. The van der Waals surface area contributed by atoms with E-state index in [1.807, 2.05) is 18.2 Å². The Bertz CT molecular complexity index is 882. The first-order valence-electron chi connectivity index (χ1n) is 8.60. The Morgan fingerprint density at radius 2 is 1.67 bits per heavy atom. The molecule has 4 nitrogen and oxygen atoms in total. The minimum atomic E-state index is -0.642. The van der Waals surface area contributed by atoms with Crippen LogP contribution in [0.4, 0.5) is 10.1 Å². The molecule has 138 valence electrons. The van der Waals surface area contributed by atoms with Crippen molar-refractivity contribution in [2.75, 3.05) is 5.32 Å². The molecule has 1 unspecified atom stereocenters. The van der Waals surface area contributed by atoms with E-state index >= 15 is 0 Å². The van der Waals surface area contributed by atoms with E-state index in [9.17, 15) is 9.18 Å². The zero-order valence-electron chi connectivity index (χ0n) is 14.9. The molecule has 0 aliphatic rings. The highest BCUT2D eigenvalue weighted by molar-refractivity contribution is 5.94. The Morgan fingerprint density at radius 3 is 2.41 bits per heavy atom. The molecular formula is C22H20FNO3. The number of nitrogens with one attached hydrogen (secondary N) is 1. The number of benzene rings is 3. The topological polar surface area (TPSA) is 47.6 Å². The van der Waals surface area contributed by atoms with E-state index in [0.717, 1.165) is 5.56 Å². The van der Waals surface area contributed by atoms with E-state index < -0.39 is 6.10 Å². The van der Waals surface area contributed by atoms with Gasteiger partial charge in [0.05, 0.1) is 0 Å². The van der Waals surface area contributed by atoms with Gasteiger partial charge in [0.1, 0.15) is 23.9 Å². The van der Waals surface area contributed by atoms with Crippen LogP contribution in [0.3, 0.4) is 0 Å². The third-order valence-corrected chi connectivity index (χ3v) is 3.85. The Hall–Kier alpha value is -3.34. The van der Waals surface area contributed by atoms with Crippen molar-refractivity contribution in [1.82, 2.24) is 0 Å². The molecule has 0 saturated heterocycles. The summed E-state index contributed by atoms with van der Waals surface area (Å²) in [5, 5.41) is 2.81. The van der Waals surface area contributed by atoms with Crippen molar-refractivity contribution in [2.24, 2.45) is 0 Å². The molecular weight excluding hydrogens is 345 g/mol. The number of hydrogen-bond donors (Lipinski definition) is 1. The fraction of sp³-hybridized carbons (Fsp3) is 0.136. The number of amides is 1. The van der Waals surface area contributed by atoms with Crippen molar-refractivity contribution >= 4 is 11.6 Å². The summed E-state index contributed by atoms with van der Waals surface area (Å²) < 4.78 is 24.3. The summed E-state index contributed by atoms with van der Waals surface area (Å²) in [5.41, 5.74) is 1.47. The molecule has 1 atom stereocenters. The number of rotatable bonds is 7.